The maximum atomic E-state index is 3.62. The van der Waals surface area contributed by atoms with Gasteiger partial charge in [0.25, 0.3) is 0 Å². The van der Waals surface area contributed by atoms with Crippen molar-refractivity contribution in [2.75, 3.05) is 6.54 Å². The lowest BCUT2D eigenvalue weighted by Crippen LogP contribution is -2.25. The highest BCUT2D eigenvalue weighted by molar-refractivity contribution is 5.34. The largest absolute Gasteiger partial charge is 0.307 e. The van der Waals surface area contributed by atoms with E-state index in [1.807, 2.05) is 0 Å². The molecular formula is C11H13N. The Labute approximate surface area is 72.8 Å². The van der Waals surface area contributed by atoms with Crippen LogP contribution in [0.4, 0.5) is 0 Å². The van der Waals surface area contributed by atoms with Crippen LogP contribution in [-0.4, -0.2) is 6.54 Å². The molecule has 0 spiro atoms. The molecule has 1 saturated carbocycles. The lowest BCUT2D eigenvalue weighted by molar-refractivity contribution is 0.580. The Hall–Kier alpha value is -0.820. The Bertz CT molecular complexity index is 293. The van der Waals surface area contributed by atoms with Crippen molar-refractivity contribution in [3.8, 4) is 0 Å². The first-order chi connectivity index (χ1) is 5.92. The molecule has 0 radical (unpaired) electrons. The number of hydrogen-bond acceptors (Lipinski definition) is 1. The zero-order valence-corrected chi connectivity index (χ0v) is 7.09. The summed E-state index contributed by atoms with van der Waals surface area (Å²) in [5.41, 5.74) is 1.90. The maximum absolute atomic E-state index is 3.62. The molecule has 12 heavy (non-hydrogen) atoms. The van der Waals surface area contributed by atoms with Crippen LogP contribution in [-0.2, 0) is 5.54 Å². The van der Waals surface area contributed by atoms with E-state index < -0.39 is 0 Å². The third-order valence-corrected chi connectivity index (χ3v) is 3.33. The lowest BCUT2D eigenvalue weighted by Gasteiger charge is -2.13. The molecule has 1 heteroatoms. The fourth-order valence-electron chi connectivity index (χ4n) is 2.56. The second-order valence-electron chi connectivity index (χ2n) is 3.95. The van der Waals surface area contributed by atoms with Crippen molar-refractivity contribution in [1.29, 1.82) is 0 Å². The van der Waals surface area contributed by atoms with Crippen LogP contribution in [0.2, 0.25) is 0 Å². The van der Waals surface area contributed by atoms with E-state index in [0.717, 1.165) is 5.92 Å². The smallest absolute Gasteiger partial charge is 0.0467 e. The molecule has 1 heterocycles. The highest BCUT2D eigenvalue weighted by Crippen LogP contribution is 2.56. The molecule has 0 amide bonds. The minimum atomic E-state index is 0.404. The molecule has 1 N–H and O–H groups in total. The van der Waals surface area contributed by atoms with Crippen LogP contribution in [0.1, 0.15) is 18.4 Å². The fourth-order valence-corrected chi connectivity index (χ4v) is 2.56. The molecule has 2 aliphatic rings. The highest BCUT2D eigenvalue weighted by atomic mass is 15.1. The number of rotatable bonds is 1. The van der Waals surface area contributed by atoms with Crippen molar-refractivity contribution in [2.45, 2.75) is 18.4 Å². The van der Waals surface area contributed by atoms with E-state index >= 15 is 0 Å². The molecule has 2 fully saturated rings. The maximum Gasteiger partial charge on any atom is 0.0467 e. The molecular weight excluding hydrogens is 146 g/mol. The molecule has 1 aliphatic heterocycles. The predicted molar refractivity (Wildman–Crippen MR) is 48.8 cm³/mol. The first-order valence-electron chi connectivity index (χ1n) is 4.72. The van der Waals surface area contributed by atoms with Crippen LogP contribution in [0.25, 0.3) is 0 Å². The molecule has 0 bridgehead atoms. The summed E-state index contributed by atoms with van der Waals surface area (Å²) in [5.74, 6) is 0.930. The van der Waals surface area contributed by atoms with Crippen LogP contribution in [0.15, 0.2) is 30.3 Å². The van der Waals surface area contributed by atoms with Gasteiger partial charge in [-0.1, -0.05) is 30.3 Å². The summed E-state index contributed by atoms with van der Waals surface area (Å²) in [7, 11) is 0. The van der Waals surface area contributed by atoms with E-state index in [-0.39, 0.29) is 0 Å². The zero-order valence-electron chi connectivity index (χ0n) is 7.09. The van der Waals surface area contributed by atoms with Gasteiger partial charge in [-0.3, -0.25) is 0 Å². The van der Waals surface area contributed by atoms with Gasteiger partial charge < -0.3 is 5.32 Å². The Morgan fingerprint density at radius 1 is 1.25 bits per heavy atom. The minimum absolute atomic E-state index is 0.404. The van der Waals surface area contributed by atoms with Gasteiger partial charge in [0.2, 0.25) is 0 Å². The molecule has 1 nitrogen and oxygen atoms in total. The molecule has 1 aliphatic carbocycles. The molecule has 1 aromatic carbocycles. The molecule has 1 saturated heterocycles. The topological polar surface area (TPSA) is 12.0 Å². The zero-order chi connectivity index (χ0) is 8.02. The van der Waals surface area contributed by atoms with Gasteiger partial charge in [0, 0.05) is 5.54 Å². The molecule has 1 aromatic rings. The van der Waals surface area contributed by atoms with Crippen LogP contribution >= 0.6 is 0 Å². The summed E-state index contributed by atoms with van der Waals surface area (Å²) in [5, 5.41) is 3.62. The quantitative estimate of drug-likeness (QED) is 0.660. The van der Waals surface area contributed by atoms with Crippen LogP contribution in [0, 0.1) is 5.92 Å². The third-order valence-electron chi connectivity index (χ3n) is 3.33. The van der Waals surface area contributed by atoms with Crippen molar-refractivity contribution in [1.82, 2.24) is 5.32 Å². The Balaban J connectivity index is 2.00. The van der Waals surface area contributed by atoms with Gasteiger partial charge in [0.05, 0.1) is 0 Å². The van der Waals surface area contributed by atoms with Gasteiger partial charge in [-0.15, -0.1) is 0 Å². The highest BCUT2D eigenvalue weighted by Gasteiger charge is 2.57. The van der Waals surface area contributed by atoms with Gasteiger partial charge >= 0.3 is 0 Å². The number of fused-ring (bicyclic) bond motifs is 1. The molecule has 0 aromatic heterocycles. The third kappa shape index (κ3) is 0.721. The Morgan fingerprint density at radius 3 is 2.67 bits per heavy atom. The van der Waals surface area contributed by atoms with Gasteiger partial charge in [-0.2, -0.15) is 0 Å². The van der Waals surface area contributed by atoms with E-state index in [2.05, 4.69) is 35.6 Å². The Morgan fingerprint density at radius 2 is 2.08 bits per heavy atom. The van der Waals surface area contributed by atoms with Gasteiger partial charge in [0.15, 0.2) is 0 Å². The van der Waals surface area contributed by atoms with Gasteiger partial charge in [0.1, 0.15) is 0 Å². The molecule has 62 valence electrons. The minimum Gasteiger partial charge on any atom is -0.307 e. The van der Waals surface area contributed by atoms with Crippen molar-refractivity contribution in [3.63, 3.8) is 0 Å². The SMILES string of the molecule is c1ccc(C23CC2CCN3)cc1. The van der Waals surface area contributed by atoms with Crippen molar-refractivity contribution in [2.24, 2.45) is 5.92 Å². The van der Waals surface area contributed by atoms with Crippen LogP contribution in [0.3, 0.4) is 0 Å². The number of hydrogen-bond donors (Lipinski definition) is 1. The van der Waals surface area contributed by atoms with E-state index in [1.165, 1.54) is 24.9 Å². The summed E-state index contributed by atoms with van der Waals surface area (Å²) in [6, 6.07) is 10.9. The summed E-state index contributed by atoms with van der Waals surface area (Å²) < 4.78 is 0. The second-order valence-corrected chi connectivity index (χ2v) is 3.95. The lowest BCUT2D eigenvalue weighted by atomic mass is 10.0. The summed E-state index contributed by atoms with van der Waals surface area (Å²) in [6.45, 7) is 1.21. The average molecular weight is 159 g/mol. The van der Waals surface area contributed by atoms with E-state index in [0.29, 0.717) is 5.54 Å². The number of piperidine rings is 1. The summed E-state index contributed by atoms with van der Waals surface area (Å²) >= 11 is 0. The Kier molecular flexibility index (Phi) is 1.17. The monoisotopic (exact) mass is 159 g/mol. The van der Waals surface area contributed by atoms with Crippen molar-refractivity contribution >= 4 is 0 Å². The first-order valence-corrected chi connectivity index (χ1v) is 4.72. The van der Waals surface area contributed by atoms with Crippen molar-refractivity contribution in [3.05, 3.63) is 35.9 Å². The van der Waals surface area contributed by atoms with Crippen LogP contribution < -0.4 is 5.32 Å². The summed E-state index contributed by atoms with van der Waals surface area (Å²) in [4.78, 5) is 0. The second kappa shape index (κ2) is 2.11. The molecule has 3 rings (SSSR count). The normalized spacial score (nSPS) is 37.8. The number of nitrogens with one attached hydrogen (secondary N) is 1. The van der Waals surface area contributed by atoms with Crippen molar-refractivity contribution < 1.29 is 0 Å². The standard InChI is InChI=1S/C11H13N/c1-2-4-9(5-3-1)11-8-10(11)6-7-12-11/h1-5,10,12H,6-8H2. The van der Waals surface area contributed by atoms with Gasteiger partial charge in [-0.25, -0.2) is 0 Å². The van der Waals surface area contributed by atoms with E-state index in [1.54, 1.807) is 0 Å². The average Bonchev–Trinajstić information content (AvgIpc) is 2.72. The summed E-state index contributed by atoms with van der Waals surface area (Å²) in [6.07, 6.45) is 2.73. The van der Waals surface area contributed by atoms with E-state index in [4.69, 9.17) is 0 Å². The van der Waals surface area contributed by atoms with Crippen LogP contribution in [0.5, 0.6) is 0 Å². The van der Waals surface area contributed by atoms with E-state index in [9.17, 15) is 0 Å². The molecule has 2 unspecified atom stereocenters. The fraction of sp³-hybridized carbons (Fsp3) is 0.455. The molecule has 2 atom stereocenters. The van der Waals surface area contributed by atoms with Gasteiger partial charge in [-0.05, 0) is 30.9 Å². The predicted octanol–water partition coefficient (Wildman–Crippen LogP) is 1.90. The number of benzene rings is 1. The first kappa shape index (κ1) is 6.67.